The molecule has 0 saturated heterocycles. The molecule has 3 aromatic rings. The van der Waals surface area contributed by atoms with Crippen LogP contribution in [0.25, 0.3) is 0 Å². The van der Waals surface area contributed by atoms with Gasteiger partial charge in [-0.2, -0.15) is 0 Å². The average Bonchev–Trinajstić information content (AvgIpc) is 3.35. The van der Waals surface area contributed by atoms with E-state index in [1.165, 1.54) is 11.3 Å². The number of methoxy groups -OCH3 is 2. The Balaban J connectivity index is 1.33. The largest absolute Gasteiger partial charge is 0.497 e. The van der Waals surface area contributed by atoms with E-state index in [2.05, 4.69) is 32.4 Å². The number of amides is 2. The van der Waals surface area contributed by atoms with Gasteiger partial charge in [0.1, 0.15) is 16.5 Å². The first kappa shape index (κ1) is 33.2. The Morgan fingerprint density at radius 3 is 2.32 bits per heavy atom. The molecule has 0 spiro atoms. The van der Waals surface area contributed by atoms with Crippen molar-refractivity contribution in [2.45, 2.75) is 64.2 Å². The number of anilines is 1. The second-order valence-electron chi connectivity index (χ2n) is 10.8. The van der Waals surface area contributed by atoms with Gasteiger partial charge in [-0.25, -0.2) is 4.99 Å². The van der Waals surface area contributed by atoms with Crippen LogP contribution in [0.5, 0.6) is 11.5 Å². The number of carbonyl (C=O) groups excluding carboxylic acids is 2. The summed E-state index contributed by atoms with van der Waals surface area (Å²) in [6.07, 6.45) is 6.55. The Labute approximate surface area is 268 Å². The highest BCUT2D eigenvalue weighted by Gasteiger charge is 2.25. The van der Waals surface area contributed by atoms with Crippen molar-refractivity contribution in [3.63, 3.8) is 0 Å². The molecule has 234 valence electrons. The summed E-state index contributed by atoms with van der Waals surface area (Å²) in [4.78, 5) is 30.2. The SMILES string of the molecule is C=C(CC)N=C(NC(=O)Cc1cccc(OC)c1)SCC1CCCCC(c2nnc(NC(=O)Cc3cccc(OC)c3)s2)C1. The van der Waals surface area contributed by atoms with Gasteiger partial charge in [0.05, 0.1) is 27.1 Å². The minimum Gasteiger partial charge on any atom is -0.497 e. The Morgan fingerprint density at radius 2 is 1.66 bits per heavy atom. The molecule has 0 bridgehead atoms. The van der Waals surface area contributed by atoms with E-state index in [1.807, 2.05) is 55.5 Å². The van der Waals surface area contributed by atoms with Crippen molar-refractivity contribution in [3.05, 3.63) is 76.9 Å². The molecule has 2 unspecified atom stereocenters. The summed E-state index contributed by atoms with van der Waals surface area (Å²) in [6.45, 7) is 6.02. The Morgan fingerprint density at radius 1 is 1.00 bits per heavy atom. The van der Waals surface area contributed by atoms with Gasteiger partial charge in [-0.15, -0.1) is 10.2 Å². The molecule has 1 saturated carbocycles. The van der Waals surface area contributed by atoms with Crippen molar-refractivity contribution in [1.82, 2.24) is 15.5 Å². The summed E-state index contributed by atoms with van der Waals surface area (Å²) in [7, 11) is 3.22. The van der Waals surface area contributed by atoms with E-state index >= 15 is 0 Å². The summed E-state index contributed by atoms with van der Waals surface area (Å²) >= 11 is 3.03. The fourth-order valence-corrected chi connectivity index (χ4v) is 7.05. The maximum absolute atomic E-state index is 12.9. The fourth-order valence-electron chi connectivity index (χ4n) is 5.07. The smallest absolute Gasteiger partial charge is 0.230 e. The highest BCUT2D eigenvalue weighted by Crippen LogP contribution is 2.38. The third kappa shape index (κ3) is 10.5. The Bertz CT molecular complexity index is 1460. The molecule has 2 amide bonds. The van der Waals surface area contributed by atoms with Crippen molar-refractivity contribution in [1.29, 1.82) is 0 Å². The molecule has 1 aliphatic carbocycles. The van der Waals surface area contributed by atoms with Crippen molar-refractivity contribution in [2.75, 3.05) is 25.3 Å². The molecule has 2 N–H and O–H groups in total. The van der Waals surface area contributed by atoms with Crippen LogP contribution in [0.1, 0.15) is 67.5 Å². The number of aliphatic imine (C=N–C) groups is 1. The van der Waals surface area contributed by atoms with E-state index in [0.717, 1.165) is 71.2 Å². The van der Waals surface area contributed by atoms with Gasteiger partial charge in [0.2, 0.25) is 16.9 Å². The molecular weight excluding hydrogens is 595 g/mol. The van der Waals surface area contributed by atoms with Crippen molar-refractivity contribution in [3.8, 4) is 11.5 Å². The molecule has 4 rings (SSSR count). The standard InChI is InChI=1S/C33H41N5O4S2/c1-5-22(2)34-32(35-29(39)19-23-11-8-14-27(17-23)41-3)43-21-25-10-6-7-13-26(16-25)31-37-38-33(44-31)36-30(40)20-24-12-9-15-28(18-24)42-4/h8-9,11-12,14-15,17-18,25-26H,2,5-7,10,13,16,19-21H2,1,3-4H3,(H,34,35,39)(H,36,38,40). The van der Waals surface area contributed by atoms with Crippen molar-refractivity contribution in [2.24, 2.45) is 10.9 Å². The van der Waals surface area contributed by atoms with E-state index in [9.17, 15) is 9.59 Å². The first-order valence-corrected chi connectivity index (χ1v) is 16.7. The summed E-state index contributed by atoms with van der Waals surface area (Å²) < 4.78 is 10.5. The summed E-state index contributed by atoms with van der Waals surface area (Å²) in [5.74, 6) is 2.72. The van der Waals surface area contributed by atoms with Crippen LogP contribution in [0.3, 0.4) is 0 Å². The van der Waals surface area contributed by atoms with Crippen LogP contribution < -0.4 is 20.1 Å². The molecule has 9 nitrogen and oxygen atoms in total. The van der Waals surface area contributed by atoms with Crippen molar-refractivity contribution < 1.29 is 19.1 Å². The molecule has 2 aromatic carbocycles. The maximum atomic E-state index is 12.9. The molecule has 44 heavy (non-hydrogen) atoms. The van der Waals surface area contributed by atoms with Crippen LogP contribution in [0.4, 0.5) is 5.13 Å². The second-order valence-corrected chi connectivity index (χ2v) is 12.8. The van der Waals surface area contributed by atoms with Gasteiger partial charge in [-0.1, -0.05) is 73.7 Å². The highest BCUT2D eigenvalue weighted by molar-refractivity contribution is 8.13. The van der Waals surface area contributed by atoms with Crippen LogP contribution in [0.2, 0.25) is 0 Å². The van der Waals surface area contributed by atoms with E-state index in [0.29, 0.717) is 22.6 Å². The lowest BCUT2D eigenvalue weighted by atomic mass is 9.95. The number of hydrogen-bond acceptors (Lipinski definition) is 9. The number of thioether (sulfide) groups is 1. The molecule has 1 aromatic heterocycles. The van der Waals surface area contributed by atoms with E-state index in [4.69, 9.17) is 9.47 Å². The van der Waals surface area contributed by atoms with Gasteiger partial charge >= 0.3 is 0 Å². The molecule has 1 fully saturated rings. The van der Waals surface area contributed by atoms with Crippen LogP contribution in [0, 0.1) is 5.92 Å². The van der Waals surface area contributed by atoms with Crippen LogP contribution in [0.15, 0.2) is 65.8 Å². The maximum Gasteiger partial charge on any atom is 0.230 e. The zero-order valence-electron chi connectivity index (χ0n) is 25.6. The van der Waals surface area contributed by atoms with Crippen LogP contribution >= 0.6 is 23.1 Å². The first-order chi connectivity index (χ1) is 21.3. The summed E-state index contributed by atoms with van der Waals surface area (Å²) in [5.41, 5.74) is 2.47. The minimum absolute atomic E-state index is 0.123. The third-order valence-corrected chi connectivity index (χ3v) is 9.54. The van der Waals surface area contributed by atoms with Gasteiger partial charge in [-0.05, 0) is 67.0 Å². The van der Waals surface area contributed by atoms with E-state index in [1.54, 1.807) is 26.0 Å². The number of rotatable bonds is 12. The Hall–Kier alpha value is -3.70. The quantitative estimate of drug-likeness (QED) is 0.128. The minimum atomic E-state index is -0.134. The van der Waals surface area contributed by atoms with Gasteiger partial charge in [-0.3, -0.25) is 9.59 Å². The number of hydrogen-bond donors (Lipinski definition) is 2. The number of nitrogens with zero attached hydrogens (tertiary/aromatic N) is 3. The summed E-state index contributed by atoms with van der Waals surface area (Å²) in [6, 6.07) is 15.0. The Kier molecular flexibility index (Phi) is 12.8. The van der Waals surface area contributed by atoms with Gasteiger partial charge in [0, 0.05) is 17.4 Å². The first-order valence-electron chi connectivity index (χ1n) is 14.9. The van der Waals surface area contributed by atoms with Gasteiger partial charge in [0.15, 0.2) is 5.17 Å². The third-order valence-electron chi connectivity index (χ3n) is 7.44. The average molecular weight is 636 g/mol. The number of ether oxygens (including phenoxy) is 2. The zero-order valence-corrected chi connectivity index (χ0v) is 27.3. The lowest BCUT2D eigenvalue weighted by Crippen LogP contribution is -2.30. The number of benzene rings is 2. The predicted molar refractivity (Wildman–Crippen MR) is 179 cm³/mol. The lowest BCUT2D eigenvalue weighted by molar-refractivity contribution is -0.119. The monoisotopic (exact) mass is 635 g/mol. The highest BCUT2D eigenvalue weighted by atomic mass is 32.2. The molecule has 2 atom stereocenters. The van der Waals surface area contributed by atoms with E-state index < -0.39 is 0 Å². The topological polar surface area (TPSA) is 115 Å². The van der Waals surface area contributed by atoms with Crippen molar-refractivity contribution >= 4 is 45.2 Å². The number of allylic oxidation sites excluding steroid dienone is 1. The number of aromatic nitrogens is 2. The second kappa shape index (κ2) is 17.0. The number of amidine groups is 1. The predicted octanol–water partition coefficient (Wildman–Crippen LogP) is 6.77. The molecular formula is C33H41N5O4S2. The van der Waals surface area contributed by atoms with Gasteiger partial charge < -0.3 is 20.1 Å². The molecule has 1 aliphatic rings. The van der Waals surface area contributed by atoms with Crippen LogP contribution in [-0.4, -0.2) is 47.2 Å². The van der Waals surface area contributed by atoms with E-state index in [-0.39, 0.29) is 30.6 Å². The molecule has 11 heteroatoms. The summed E-state index contributed by atoms with van der Waals surface area (Å²) in [5, 5.41) is 16.7. The number of nitrogens with one attached hydrogen (secondary N) is 2. The molecule has 0 aliphatic heterocycles. The lowest BCUT2D eigenvalue weighted by Gasteiger charge is -2.18. The zero-order chi connectivity index (χ0) is 31.3. The van der Waals surface area contributed by atoms with Crippen LogP contribution in [-0.2, 0) is 22.4 Å². The van der Waals surface area contributed by atoms with Gasteiger partial charge in [0.25, 0.3) is 0 Å². The molecule has 0 radical (unpaired) electrons. The normalized spacial score (nSPS) is 16.9. The molecule has 1 heterocycles. The number of carbonyl (C=O) groups is 2. The fraction of sp³-hybridized carbons (Fsp3) is 0.424.